The molecule has 0 saturated carbocycles. The van der Waals surface area contributed by atoms with Crippen LogP contribution in [-0.4, -0.2) is 25.1 Å². The topological polar surface area (TPSA) is 89.0 Å². The first-order valence-electron chi connectivity index (χ1n) is 11.2. The zero-order chi connectivity index (χ0) is 26.1. The van der Waals surface area contributed by atoms with E-state index in [4.69, 9.17) is 21.1 Å². The standard InChI is InChI=1S/C27H27BrClN3O4/c1-17-4-7-19(8-5-17)16-36-27-22(28)12-20(13-24(27)35-3)15-30-32-26(34)11-10-25(33)31-21-9-6-18(2)23(29)14-21/h4-9,12-15H,10-11,16H2,1-3H3,(H,31,33)(H,32,34). The van der Waals surface area contributed by atoms with Gasteiger partial charge in [-0.15, -0.1) is 0 Å². The lowest BCUT2D eigenvalue weighted by Gasteiger charge is -2.13. The van der Waals surface area contributed by atoms with Crippen molar-refractivity contribution in [3.8, 4) is 11.5 Å². The van der Waals surface area contributed by atoms with Gasteiger partial charge in [-0.1, -0.05) is 47.5 Å². The molecule has 0 spiro atoms. The highest BCUT2D eigenvalue weighted by atomic mass is 79.9. The van der Waals surface area contributed by atoms with Crippen LogP contribution in [0, 0.1) is 13.8 Å². The van der Waals surface area contributed by atoms with Crippen molar-refractivity contribution in [3.05, 3.63) is 86.3 Å². The molecular weight excluding hydrogens is 546 g/mol. The molecule has 3 rings (SSSR count). The second kappa shape index (κ2) is 13.1. The fourth-order valence-corrected chi connectivity index (χ4v) is 3.90. The van der Waals surface area contributed by atoms with Gasteiger partial charge in [-0.05, 0) is 70.7 Å². The van der Waals surface area contributed by atoms with E-state index in [1.54, 1.807) is 25.3 Å². The third-order valence-electron chi connectivity index (χ3n) is 5.19. The Morgan fingerprint density at radius 3 is 2.44 bits per heavy atom. The van der Waals surface area contributed by atoms with Crippen molar-refractivity contribution in [1.82, 2.24) is 5.43 Å². The van der Waals surface area contributed by atoms with Crippen molar-refractivity contribution < 1.29 is 19.1 Å². The summed E-state index contributed by atoms with van der Waals surface area (Å²) in [6.45, 7) is 4.30. The first kappa shape index (κ1) is 27.2. The van der Waals surface area contributed by atoms with Crippen molar-refractivity contribution >= 4 is 51.2 Å². The van der Waals surface area contributed by atoms with Crippen molar-refractivity contribution in [2.45, 2.75) is 33.3 Å². The number of carbonyl (C=O) groups is 2. The minimum absolute atomic E-state index is 0.0123. The van der Waals surface area contributed by atoms with E-state index >= 15 is 0 Å². The molecule has 0 fully saturated rings. The molecule has 0 aliphatic carbocycles. The van der Waals surface area contributed by atoms with Gasteiger partial charge in [-0.2, -0.15) is 5.10 Å². The van der Waals surface area contributed by atoms with Crippen molar-refractivity contribution in [2.24, 2.45) is 5.10 Å². The van der Waals surface area contributed by atoms with E-state index in [0.29, 0.717) is 38.9 Å². The third-order valence-corrected chi connectivity index (χ3v) is 6.19. The molecule has 7 nitrogen and oxygen atoms in total. The molecule has 9 heteroatoms. The number of methoxy groups -OCH3 is 1. The second-order valence-corrected chi connectivity index (χ2v) is 9.38. The largest absolute Gasteiger partial charge is 0.493 e. The number of nitrogens with zero attached hydrogens (tertiary/aromatic N) is 1. The minimum atomic E-state index is -0.382. The van der Waals surface area contributed by atoms with Gasteiger partial charge in [0.25, 0.3) is 0 Å². The predicted molar refractivity (Wildman–Crippen MR) is 146 cm³/mol. The predicted octanol–water partition coefficient (Wildman–Crippen LogP) is 6.18. The van der Waals surface area contributed by atoms with Crippen LogP contribution in [0.4, 0.5) is 5.69 Å². The van der Waals surface area contributed by atoms with E-state index < -0.39 is 0 Å². The maximum atomic E-state index is 12.1. The van der Waals surface area contributed by atoms with E-state index in [-0.39, 0.29) is 24.7 Å². The number of hydrazone groups is 1. The van der Waals surface area contributed by atoms with Gasteiger partial charge in [-0.25, -0.2) is 5.43 Å². The maximum absolute atomic E-state index is 12.1. The first-order chi connectivity index (χ1) is 17.2. The highest BCUT2D eigenvalue weighted by Crippen LogP contribution is 2.36. The van der Waals surface area contributed by atoms with Gasteiger partial charge in [-0.3, -0.25) is 9.59 Å². The fraction of sp³-hybridized carbons (Fsp3) is 0.222. The molecule has 0 heterocycles. The summed E-state index contributed by atoms with van der Waals surface area (Å²) in [5.74, 6) is 0.425. The number of ether oxygens (including phenoxy) is 2. The van der Waals surface area contributed by atoms with Crippen LogP contribution in [0.15, 0.2) is 64.2 Å². The Balaban J connectivity index is 1.51. The van der Waals surface area contributed by atoms with Crippen LogP contribution in [0.2, 0.25) is 5.02 Å². The summed E-state index contributed by atoms with van der Waals surface area (Å²) in [7, 11) is 1.55. The molecule has 0 saturated heterocycles. The number of halogens is 2. The molecule has 3 aromatic carbocycles. The smallest absolute Gasteiger partial charge is 0.240 e. The molecule has 0 aliphatic heterocycles. The number of rotatable bonds is 10. The summed E-state index contributed by atoms with van der Waals surface area (Å²) in [5.41, 5.74) is 6.85. The monoisotopic (exact) mass is 571 g/mol. The summed E-state index contributed by atoms with van der Waals surface area (Å²) in [6, 6.07) is 16.9. The van der Waals surface area contributed by atoms with Crippen LogP contribution in [0.1, 0.15) is 35.1 Å². The van der Waals surface area contributed by atoms with Gasteiger partial charge in [0.05, 0.1) is 17.8 Å². The molecule has 188 valence electrons. The van der Waals surface area contributed by atoms with Crippen LogP contribution >= 0.6 is 27.5 Å². The first-order valence-corrected chi connectivity index (χ1v) is 12.4. The molecule has 3 aromatic rings. The lowest BCUT2D eigenvalue weighted by molar-refractivity contribution is -0.124. The van der Waals surface area contributed by atoms with Gasteiger partial charge in [0.2, 0.25) is 11.8 Å². The van der Waals surface area contributed by atoms with E-state index in [1.807, 2.05) is 50.2 Å². The molecule has 0 radical (unpaired) electrons. The van der Waals surface area contributed by atoms with Gasteiger partial charge in [0.1, 0.15) is 6.61 Å². The van der Waals surface area contributed by atoms with Crippen LogP contribution in [0.3, 0.4) is 0 Å². The molecule has 0 atom stereocenters. The fourth-order valence-electron chi connectivity index (χ4n) is 3.15. The normalized spacial score (nSPS) is 10.8. The van der Waals surface area contributed by atoms with E-state index in [9.17, 15) is 9.59 Å². The summed E-state index contributed by atoms with van der Waals surface area (Å²) >= 11 is 9.58. The van der Waals surface area contributed by atoms with Crippen molar-refractivity contribution in [2.75, 3.05) is 12.4 Å². The number of hydrogen-bond donors (Lipinski definition) is 2. The van der Waals surface area contributed by atoms with Crippen LogP contribution in [0.5, 0.6) is 11.5 Å². The molecule has 36 heavy (non-hydrogen) atoms. The highest BCUT2D eigenvalue weighted by molar-refractivity contribution is 9.10. The highest BCUT2D eigenvalue weighted by Gasteiger charge is 2.12. The van der Waals surface area contributed by atoms with Crippen LogP contribution in [0.25, 0.3) is 0 Å². The molecule has 0 aromatic heterocycles. The molecule has 2 amide bonds. The number of carbonyl (C=O) groups excluding carboxylic acids is 2. The van der Waals surface area contributed by atoms with Gasteiger partial charge < -0.3 is 14.8 Å². The quantitative estimate of drug-likeness (QED) is 0.224. The Bertz CT molecular complexity index is 1260. The number of aryl methyl sites for hydroxylation is 2. The number of nitrogens with one attached hydrogen (secondary N) is 2. The lowest BCUT2D eigenvalue weighted by atomic mass is 10.2. The minimum Gasteiger partial charge on any atom is -0.493 e. The lowest BCUT2D eigenvalue weighted by Crippen LogP contribution is -2.20. The Hall–Kier alpha value is -3.36. The molecule has 0 bridgehead atoms. The zero-order valence-electron chi connectivity index (χ0n) is 20.2. The van der Waals surface area contributed by atoms with Crippen molar-refractivity contribution in [3.63, 3.8) is 0 Å². The Morgan fingerprint density at radius 2 is 1.75 bits per heavy atom. The summed E-state index contributed by atoms with van der Waals surface area (Å²) in [6.07, 6.45) is 1.49. The van der Waals surface area contributed by atoms with E-state index in [0.717, 1.165) is 11.1 Å². The Kier molecular flexibility index (Phi) is 9.90. The summed E-state index contributed by atoms with van der Waals surface area (Å²) < 4.78 is 12.1. The molecule has 0 aliphatic rings. The van der Waals surface area contributed by atoms with E-state index in [2.05, 4.69) is 31.8 Å². The molecular formula is C27H27BrClN3O4. The Morgan fingerprint density at radius 1 is 1.03 bits per heavy atom. The van der Waals surface area contributed by atoms with Crippen LogP contribution in [-0.2, 0) is 16.2 Å². The number of hydrogen-bond acceptors (Lipinski definition) is 5. The summed E-state index contributed by atoms with van der Waals surface area (Å²) in [4.78, 5) is 24.2. The van der Waals surface area contributed by atoms with Crippen molar-refractivity contribution in [1.29, 1.82) is 0 Å². The van der Waals surface area contributed by atoms with Gasteiger partial charge in [0, 0.05) is 23.6 Å². The van der Waals surface area contributed by atoms with Gasteiger partial charge >= 0.3 is 0 Å². The number of benzene rings is 3. The van der Waals surface area contributed by atoms with Crippen LogP contribution < -0.4 is 20.2 Å². The Labute approximate surface area is 224 Å². The number of anilines is 1. The molecule has 2 N–H and O–H groups in total. The van der Waals surface area contributed by atoms with Gasteiger partial charge in [0.15, 0.2) is 11.5 Å². The third kappa shape index (κ3) is 8.10. The SMILES string of the molecule is COc1cc(C=NNC(=O)CCC(=O)Nc2ccc(C)c(Cl)c2)cc(Br)c1OCc1ccc(C)cc1. The summed E-state index contributed by atoms with van der Waals surface area (Å²) in [5, 5.41) is 7.27. The average molecular weight is 573 g/mol. The second-order valence-electron chi connectivity index (χ2n) is 8.11. The number of amides is 2. The average Bonchev–Trinajstić information content (AvgIpc) is 2.85. The van der Waals surface area contributed by atoms with E-state index in [1.165, 1.54) is 11.8 Å². The molecule has 0 unspecified atom stereocenters. The maximum Gasteiger partial charge on any atom is 0.240 e. The zero-order valence-corrected chi connectivity index (χ0v) is 22.6.